The third-order valence-electron chi connectivity index (χ3n) is 5.99. The van der Waals surface area contributed by atoms with Crippen LogP contribution in [-0.4, -0.2) is 53.7 Å². The third kappa shape index (κ3) is 7.82. The van der Waals surface area contributed by atoms with E-state index < -0.39 is 11.0 Å². The SMILES string of the molecule is CCC(=O)C(C)(C)CCOC(C)(C)CCNC(=O)CCN1C(=O)CC(C(C)C)C1=O. The van der Waals surface area contributed by atoms with Gasteiger partial charge in [-0.1, -0.05) is 34.6 Å². The van der Waals surface area contributed by atoms with Gasteiger partial charge in [0.25, 0.3) is 0 Å². The highest BCUT2D eigenvalue weighted by atomic mass is 16.5. The number of nitrogens with one attached hydrogen (secondary N) is 1. The molecule has 0 aliphatic carbocycles. The van der Waals surface area contributed by atoms with Crippen molar-refractivity contribution in [2.24, 2.45) is 17.3 Å². The smallest absolute Gasteiger partial charge is 0.233 e. The molecule has 0 radical (unpaired) electrons. The summed E-state index contributed by atoms with van der Waals surface area (Å²) in [6.07, 6.45) is 2.15. The van der Waals surface area contributed by atoms with E-state index in [4.69, 9.17) is 4.74 Å². The highest BCUT2D eigenvalue weighted by Gasteiger charge is 2.39. The molecule has 0 saturated carbocycles. The van der Waals surface area contributed by atoms with Crippen molar-refractivity contribution in [3.8, 4) is 0 Å². The van der Waals surface area contributed by atoms with Crippen LogP contribution in [0.3, 0.4) is 0 Å². The third-order valence-corrected chi connectivity index (χ3v) is 5.99. The maximum Gasteiger partial charge on any atom is 0.233 e. The fourth-order valence-corrected chi connectivity index (χ4v) is 3.54. The molecular formula is C23H40N2O5. The van der Waals surface area contributed by atoms with Crippen LogP contribution >= 0.6 is 0 Å². The van der Waals surface area contributed by atoms with Crippen molar-refractivity contribution in [3.05, 3.63) is 0 Å². The van der Waals surface area contributed by atoms with Crippen LogP contribution in [0.15, 0.2) is 0 Å². The van der Waals surface area contributed by atoms with Gasteiger partial charge in [0, 0.05) is 50.3 Å². The lowest BCUT2D eigenvalue weighted by molar-refractivity contribution is -0.140. The van der Waals surface area contributed by atoms with Crippen molar-refractivity contribution in [1.29, 1.82) is 0 Å². The van der Waals surface area contributed by atoms with Gasteiger partial charge in [0.1, 0.15) is 5.78 Å². The van der Waals surface area contributed by atoms with Gasteiger partial charge >= 0.3 is 0 Å². The zero-order valence-corrected chi connectivity index (χ0v) is 19.8. The van der Waals surface area contributed by atoms with Gasteiger partial charge in [-0.15, -0.1) is 0 Å². The summed E-state index contributed by atoms with van der Waals surface area (Å²) in [6.45, 7) is 14.6. The Kier molecular flexibility index (Phi) is 9.66. The van der Waals surface area contributed by atoms with Crippen molar-refractivity contribution < 1.29 is 23.9 Å². The van der Waals surface area contributed by atoms with Gasteiger partial charge in [0.15, 0.2) is 0 Å². The molecule has 0 aromatic rings. The zero-order chi connectivity index (χ0) is 23.1. The van der Waals surface area contributed by atoms with Crippen molar-refractivity contribution in [1.82, 2.24) is 10.2 Å². The van der Waals surface area contributed by atoms with Crippen molar-refractivity contribution in [2.45, 2.75) is 86.2 Å². The van der Waals surface area contributed by atoms with Crippen LogP contribution in [0, 0.1) is 17.3 Å². The van der Waals surface area contributed by atoms with Crippen LogP contribution < -0.4 is 5.32 Å². The number of Topliss-reactive ketones (excluding diaryl/α,β-unsaturated/α-hetero) is 1. The fraction of sp³-hybridized carbons (Fsp3) is 0.826. The quantitative estimate of drug-likeness (QED) is 0.459. The van der Waals surface area contributed by atoms with Crippen LogP contribution in [0.25, 0.3) is 0 Å². The minimum Gasteiger partial charge on any atom is -0.375 e. The Morgan fingerprint density at radius 1 is 1.17 bits per heavy atom. The van der Waals surface area contributed by atoms with E-state index in [-0.39, 0.29) is 54.7 Å². The first kappa shape index (κ1) is 26.3. The second-order valence-electron chi connectivity index (χ2n) is 9.81. The van der Waals surface area contributed by atoms with E-state index in [1.54, 1.807) is 0 Å². The van der Waals surface area contributed by atoms with Crippen LogP contribution in [0.4, 0.5) is 0 Å². The van der Waals surface area contributed by atoms with E-state index in [2.05, 4.69) is 5.32 Å². The molecule has 0 aromatic carbocycles. The molecule has 30 heavy (non-hydrogen) atoms. The number of rotatable bonds is 13. The van der Waals surface area contributed by atoms with E-state index >= 15 is 0 Å². The number of hydrogen-bond acceptors (Lipinski definition) is 5. The largest absolute Gasteiger partial charge is 0.375 e. The number of carbonyl (C=O) groups is 4. The average Bonchev–Trinajstić information content (AvgIpc) is 2.92. The first-order valence-electron chi connectivity index (χ1n) is 11.1. The summed E-state index contributed by atoms with van der Waals surface area (Å²) < 4.78 is 5.94. The van der Waals surface area contributed by atoms with Gasteiger partial charge in [0.05, 0.1) is 5.60 Å². The fourth-order valence-electron chi connectivity index (χ4n) is 3.54. The van der Waals surface area contributed by atoms with E-state index in [1.165, 1.54) is 4.90 Å². The molecule has 1 unspecified atom stereocenters. The molecule has 7 heteroatoms. The van der Waals surface area contributed by atoms with Crippen molar-refractivity contribution >= 4 is 23.5 Å². The van der Waals surface area contributed by atoms with Crippen LogP contribution in [0.2, 0.25) is 0 Å². The number of carbonyl (C=O) groups excluding carboxylic acids is 4. The molecule has 1 N–H and O–H groups in total. The molecule has 1 atom stereocenters. The lowest BCUT2D eigenvalue weighted by atomic mass is 9.83. The number of imide groups is 1. The molecule has 0 aromatic heterocycles. The van der Waals surface area contributed by atoms with E-state index in [9.17, 15) is 19.2 Å². The maximum atomic E-state index is 12.3. The van der Waals surface area contributed by atoms with Crippen LogP contribution in [0.5, 0.6) is 0 Å². The van der Waals surface area contributed by atoms with Gasteiger partial charge in [-0.2, -0.15) is 0 Å². The Morgan fingerprint density at radius 3 is 2.33 bits per heavy atom. The van der Waals surface area contributed by atoms with Gasteiger partial charge in [0.2, 0.25) is 17.7 Å². The van der Waals surface area contributed by atoms with Gasteiger partial charge < -0.3 is 10.1 Å². The summed E-state index contributed by atoms with van der Waals surface area (Å²) in [6, 6.07) is 0. The second-order valence-corrected chi connectivity index (χ2v) is 9.81. The molecule has 1 aliphatic rings. The summed E-state index contributed by atoms with van der Waals surface area (Å²) in [5.74, 6) is -0.462. The monoisotopic (exact) mass is 424 g/mol. The topological polar surface area (TPSA) is 92.8 Å². The Labute approximate surface area is 181 Å². The number of hydrogen-bond donors (Lipinski definition) is 1. The van der Waals surface area contributed by atoms with Crippen LogP contribution in [0.1, 0.15) is 80.6 Å². The predicted molar refractivity (Wildman–Crippen MR) is 116 cm³/mol. The molecule has 1 heterocycles. The van der Waals surface area contributed by atoms with Crippen LogP contribution in [-0.2, 0) is 23.9 Å². The Balaban J connectivity index is 2.32. The Bertz CT molecular complexity index is 640. The van der Waals surface area contributed by atoms with E-state index in [0.717, 1.165) is 0 Å². The zero-order valence-electron chi connectivity index (χ0n) is 19.8. The highest BCUT2D eigenvalue weighted by Crippen LogP contribution is 2.27. The molecule has 0 spiro atoms. The number of ether oxygens (including phenoxy) is 1. The first-order chi connectivity index (χ1) is 13.8. The molecule has 172 valence electrons. The standard InChI is InChI=1S/C23H40N2O5/c1-8-18(26)22(4,5)11-14-30-23(6,7)10-12-24-19(27)9-13-25-20(28)15-17(16(2)3)21(25)29/h16-17H,8-15H2,1-7H3,(H,24,27). The highest BCUT2D eigenvalue weighted by molar-refractivity contribution is 6.03. The minimum absolute atomic E-state index is 0.108. The number of amides is 3. The van der Waals surface area contributed by atoms with Gasteiger partial charge in [-0.05, 0) is 32.6 Å². The summed E-state index contributed by atoms with van der Waals surface area (Å²) >= 11 is 0. The maximum absolute atomic E-state index is 12.3. The first-order valence-corrected chi connectivity index (χ1v) is 11.1. The molecular weight excluding hydrogens is 384 g/mol. The summed E-state index contributed by atoms with van der Waals surface area (Å²) in [5.41, 5.74) is -0.817. The summed E-state index contributed by atoms with van der Waals surface area (Å²) in [4.78, 5) is 49.6. The predicted octanol–water partition coefficient (Wildman–Crippen LogP) is 3.10. The number of likely N-dealkylation sites (tertiary alicyclic amines) is 1. The molecule has 1 saturated heterocycles. The Hall–Kier alpha value is -1.76. The molecule has 0 bridgehead atoms. The van der Waals surface area contributed by atoms with Crippen molar-refractivity contribution in [2.75, 3.05) is 19.7 Å². The lowest BCUT2D eigenvalue weighted by Gasteiger charge is -2.29. The van der Waals surface area contributed by atoms with Crippen molar-refractivity contribution in [3.63, 3.8) is 0 Å². The number of nitrogens with zero attached hydrogens (tertiary/aromatic N) is 1. The number of ketones is 1. The van der Waals surface area contributed by atoms with Gasteiger partial charge in [-0.3, -0.25) is 24.1 Å². The van der Waals surface area contributed by atoms with E-state index in [0.29, 0.717) is 32.4 Å². The van der Waals surface area contributed by atoms with E-state index in [1.807, 2.05) is 48.5 Å². The summed E-state index contributed by atoms with van der Waals surface area (Å²) in [7, 11) is 0. The Morgan fingerprint density at radius 2 is 1.80 bits per heavy atom. The molecule has 1 rings (SSSR count). The molecule has 3 amide bonds. The van der Waals surface area contributed by atoms with Gasteiger partial charge in [-0.25, -0.2) is 0 Å². The molecule has 7 nitrogen and oxygen atoms in total. The molecule has 1 aliphatic heterocycles. The second kappa shape index (κ2) is 11.0. The minimum atomic E-state index is -0.427. The molecule has 1 fully saturated rings. The summed E-state index contributed by atoms with van der Waals surface area (Å²) in [5, 5.41) is 2.84. The lowest BCUT2D eigenvalue weighted by Crippen LogP contribution is -2.37. The average molecular weight is 425 g/mol. The normalized spacial score (nSPS) is 17.7.